The normalized spacial score (nSPS) is 19.6. The molecule has 1 aliphatic rings. The molecule has 1 fully saturated rings. The number of carbonyl (C=O) groups is 1. The van der Waals surface area contributed by atoms with Gasteiger partial charge in [0.05, 0.1) is 19.3 Å². The third-order valence-corrected chi connectivity index (χ3v) is 4.60. The van der Waals surface area contributed by atoms with Crippen LogP contribution in [0.3, 0.4) is 0 Å². The van der Waals surface area contributed by atoms with E-state index < -0.39 is 5.60 Å². The molecule has 26 heavy (non-hydrogen) atoms. The minimum atomic E-state index is -0.960. The predicted octanol–water partition coefficient (Wildman–Crippen LogP) is 1.34. The summed E-state index contributed by atoms with van der Waals surface area (Å²) in [6, 6.07) is 7.34. The maximum Gasteiger partial charge on any atom is 0.253 e. The summed E-state index contributed by atoms with van der Waals surface area (Å²) < 4.78 is 5.08. The Balaban J connectivity index is 1.61. The summed E-state index contributed by atoms with van der Waals surface area (Å²) in [6.45, 7) is 1.89. The number of nitrogens with zero attached hydrogens (tertiary/aromatic N) is 4. The largest absolute Gasteiger partial charge is 0.386 e. The summed E-state index contributed by atoms with van der Waals surface area (Å²) in [4.78, 5) is 24.5. The highest BCUT2D eigenvalue weighted by Crippen LogP contribution is 2.26. The Hall–Kier alpha value is -2.51. The number of benzene rings is 1. The molecule has 1 aliphatic heterocycles. The molecule has 7 nitrogen and oxygen atoms in total. The molecule has 2 aromatic rings. The third kappa shape index (κ3) is 4.17. The molecular formula is C19H24N4O3. The van der Waals surface area contributed by atoms with Crippen LogP contribution in [0, 0.1) is 0 Å². The van der Waals surface area contributed by atoms with Crippen LogP contribution >= 0.6 is 0 Å². The highest BCUT2D eigenvalue weighted by Gasteiger charge is 2.38. The molecule has 0 radical (unpaired) electrons. The van der Waals surface area contributed by atoms with Crippen LogP contribution in [-0.2, 0) is 11.3 Å². The minimum absolute atomic E-state index is 0.111. The van der Waals surface area contributed by atoms with Crippen molar-refractivity contribution in [3.05, 3.63) is 54.0 Å². The molecule has 1 aromatic carbocycles. The number of carbonyl (C=O) groups excluding carboxylic acids is 1. The zero-order chi connectivity index (χ0) is 18.6. The van der Waals surface area contributed by atoms with E-state index in [0.29, 0.717) is 31.7 Å². The molecule has 0 aliphatic carbocycles. The number of hydrogen-bond donors (Lipinski definition) is 1. The van der Waals surface area contributed by atoms with Gasteiger partial charge in [-0.2, -0.15) is 0 Å². The maximum absolute atomic E-state index is 12.6. The van der Waals surface area contributed by atoms with Gasteiger partial charge in [-0.05, 0) is 24.1 Å². The molecule has 1 N–H and O–H groups in total. The summed E-state index contributed by atoms with van der Waals surface area (Å²) in [7, 11) is 3.35. The summed E-state index contributed by atoms with van der Waals surface area (Å²) in [5, 5.41) is 10.9. The lowest BCUT2D eigenvalue weighted by molar-refractivity contribution is 0.0264. The summed E-state index contributed by atoms with van der Waals surface area (Å²) in [5.74, 6) is 0.631. The van der Waals surface area contributed by atoms with Crippen molar-refractivity contribution in [2.45, 2.75) is 18.6 Å². The standard InChI is InChI=1S/C19H24N4O3/c1-22(18(24)16-5-3-15(4-6-16)12-26-2)13-19(25)7-10-23(14-19)17-11-20-8-9-21-17/h3-6,8-9,11,25H,7,10,12-14H2,1-2H3/t19-/m0/s1. The lowest BCUT2D eigenvalue weighted by Crippen LogP contribution is -2.45. The Morgan fingerprint density at radius 1 is 1.35 bits per heavy atom. The molecule has 3 rings (SSSR count). The van der Waals surface area contributed by atoms with Crippen molar-refractivity contribution in [2.75, 3.05) is 38.7 Å². The molecule has 1 atom stereocenters. The Labute approximate surface area is 153 Å². The van der Waals surface area contributed by atoms with Gasteiger partial charge in [0, 0.05) is 45.2 Å². The fourth-order valence-electron chi connectivity index (χ4n) is 3.28. The maximum atomic E-state index is 12.6. The second-order valence-corrected chi connectivity index (χ2v) is 6.75. The van der Waals surface area contributed by atoms with Gasteiger partial charge in [-0.3, -0.25) is 9.78 Å². The smallest absolute Gasteiger partial charge is 0.253 e. The van der Waals surface area contributed by atoms with E-state index in [4.69, 9.17) is 4.74 Å². The third-order valence-electron chi connectivity index (χ3n) is 4.60. The quantitative estimate of drug-likeness (QED) is 0.841. The van der Waals surface area contributed by atoms with Gasteiger partial charge < -0.3 is 19.6 Å². The van der Waals surface area contributed by atoms with E-state index in [0.717, 1.165) is 11.4 Å². The number of amides is 1. The van der Waals surface area contributed by atoms with Crippen LogP contribution in [0.25, 0.3) is 0 Å². The van der Waals surface area contributed by atoms with E-state index >= 15 is 0 Å². The average molecular weight is 356 g/mol. The SMILES string of the molecule is COCc1ccc(C(=O)N(C)C[C@@]2(O)CCN(c3cnccn3)C2)cc1. The lowest BCUT2D eigenvalue weighted by atomic mass is 10.0. The van der Waals surface area contributed by atoms with Gasteiger partial charge in [-0.25, -0.2) is 4.98 Å². The van der Waals surface area contributed by atoms with Crippen LogP contribution in [0.15, 0.2) is 42.9 Å². The van der Waals surface area contributed by atoms with Crippen molar-refractivity contribution >= 4 is 11.7 Å². The van der Waals surface area contributed by atoms with Gasteiger partial charge in [0.1, 0.15) is 11.4 Å². The predicted molar refractivity (Wildman–Crippen MR) is 97.9 cm³/mol. The van der Waals surface area contributed by atoms with Gasteiger partial charge in [0.25, 0.3) is 5.91 Å². The fraction of sp³-hybridized carbons (Fsp3) is 0.421. The molecule has 1 amide bonds. The lowest BCUT2D eigenvalue weighted by Gasteiger charge is -2.29. The van der Waals surface area contributed by atoms with Crippen molar-refractivity contribution in [2.24, 2.45) is 0 Å². The number of anilines is 1. The van der Waals surface area contributed by atoms with Crippen molar-refractivity contribution in [3.63, 3.8) is 0 Å². The first kappa shape index (κ1) is 18.3. The molecule has 2 heterocycles. The van der Waals surface area contributed by atoms with Crippen LogP contribution < -0.4 is 4.90 Å². The first-order valence-corrected chi connectivity index (χ1v) is 8.57. The number of β-amino-alcohol motifs (C(OH)–C–C–N with tert-alkyl or cyclic N) is 1. The van der Waals surface area contributed by atoms with E-state index in [2.05, 4.69) is 9.97 Å². The Morgan fingerprint density at radius 3 is 2.77 bits per heavy atom. The highest BCUT2D eigenvalue weighted by atomic mass is 16.5. The van der Waals surface area contributed by atoms with Gasteiger partial charge in [0.2, 0.25) is 0 Å². The summed E-state index contributed by atoms with van der Waals surface area (Å²) in [5.41, 5.74) is 0.651. The highest BCUT2D eigenvalue weighted by molar-refractivity contribution is 5.94. The second kappa shape index (κ2) is 7.80. The number of rotatable bonds is 6. The number of aliphatic hydroxyl groups is 1. The van der Waals surface area contributed by atoms with Gasteiger partial charge in [-0.1, -0.05) is 12.1 Å². The molecule has 0 spiro atoms. The fourth-order valence-corrected chi connectivity index (χ4v) is 3.28. The van der Waals surface area contributed by atoms with E-state index in [-0.39, 0.29) is 12.5 Å². The first-order valence-electron chi connectivity index (χ1n) is 8.57. The van der Waals surface area contributed by atoms with Crippen LogP contribution in [-0.4, -0.2) is 65.3 Å². The van der Waals surface area contributed by atoms with Crippen LogP contribution in [0.2, 0.25) is 0 Å². The molecule has 1 aromatic heterocycles. The zero-order valence-corrected chi connectivity index (χ0v) is 15.1. The first-order chi connectivity index (χ1) is 12.5. The number of ether oxygens (including phenoxy) is 1. The molecule has 7 heteroatoms. The topological polar surface area (TPSA) is 78.8 Å². The molecule has 0 saturated carbocycles. The van der Waals surface area contributed by atoms with Gasteiger partial charge in [-0.15, -0.1) is 0 Å². The Bertz CT molecular complexity index is 738. The molecule has 0 bridgehead atoms. The van der Waals surface area contributed by atoms with E-state index in [1.165, 1.54) is 0 Å². The number of hydrogen-bond acceptors (Lipinski definition) is 6. The van der Waals surface area contributed by atoms with Gasteiger partial charge >= 0.3 is 0 Å². The number of methoxy groups -OCH3 is 1. The monoisotopic (exact) mass is 356 g/mol. The van der Waals surface area contributed by atoms with E-state index in [1.54, 1.807) is 49.8 Å². The van der Waals surface area contributed by atoms with Crippen molar-refractivity contribution < 1.29 is 14.6 Å². The minimum Gasteiger partial charge on any atom is -0.386 e. The van der Waals surface area contributed by atoms with Crippen LogP contribution in [0.1, 0.15) is 22.3 Å². The number of aromatic nitrogens is 2. The zero-order valence-electron chi connectivity index (χ0n) is 15.1. The second-order valence-electron chi connectivity index (χ2n) is 6.75. The Morgan fingerprint density at radius 2 is 2.12 bits per heavy atom. The molecule has 0 unspecified atom stereocenters. The molecular weight excluding hydrogens is 332 g/mol. The summed E-state index contributed by atoms with van der Waals surface area (Å²) >= 11 is 0. The van der Waals surface area contributed by atoms with E-state index in [1.807, 2.05) is 17.0 Å². The number of likely N-dealkylation sites (N-methyl/N-ethyl adjacent to an activating group) is 1. The molecule has 1 saturated heterocycles. The van der Waals surface area contributed by atoms with Crippen LogP contribution in [0.4, 0.5) is 5.82 Å². The average Bonchev–Trinajstić information content (AvgIpc) is 3.04. The van der Waals surface area contributed by atoms with Crippen LogP contribution in [0.5, 0.6) is 0 Å². The Kier molecular flexibility index (Phi) is 5.49. The molecule has 138 valence electrons. The summed E-state index contributed by atoms with van der Waals surface area (Å²) in [6.07, 6.45) is 5.52. The van der Waals surface area contributed by atoms with E-state index in [9.17, 15) is 9.90 Å². The van der Waals surface area contributed by atoms with Crippen molar-refractivity contribution in [1.29, 1.82) is 0 Å². The van der Waals surface area contributed by atoms with Gasteiger partial charge in [0.15, 0.2) is 0 Å². The van der Waals surface area contributed by atoms with Crippen molar-refractivity contribution in [3.8, 4) is 0 Å². The van der Waals surface area contributed by atoms with Crippen molar-refractivity contribution in [1.82, 2.24) is 14.9 Å².